The fraction of sp³-hybridized carbons (Fsp3) is 0.321. The van der Waals surface area contributed by atoms with E-state index in [-0.39, 0.29) is 12.2 Å². The van der Waals surface area contributed by atoms with E-state index in [1.807, 2.05) is 32.0 Å². The Bertz CT molecular complexity index is 1600. The van der Waals surface area contributed by atoms with Crippen LogP contribution < -0.4 is 29.1 Å². The summed E-state index contributed by atoms with van der Waals surface area (Å²) >= 11 is 8.36. The van der Waals surface area contributed by atoms with E-state index >= 15 is 0 Å². The van der Waals surface area contributed by atoms with Crippen LogP contribution in [0.25, 0.3) is 6.08 Å². The van der Waals surface area contributed by atoms with Crippen molar-refractivity contribution in [1.82, 2.24) is 4.57 Å². The highest BCUT2D eigenvalue weighted by Crippen LogP contribution is 2.37. The van der Waals surface area contributed by atoms with Gasteiger partial charge in [-0.1, -0.05) is 17.4 Å². The summed E-state index contributed by atoms with van der Waals surface area (Å²) in [6, 6.07) is 8.40. The Morgan fingerprint density at radius 2 is 1.74 bits per heavy atom. The molecule has 0 unspecified atom stereocenters. The lowest BCUT2D eigenvalue weighted by Gasteiger charge is -2.25. The maximum atomic E-state index is 13.9. The smallest absolute Gasteiger partial charge is 0.338 e. The SMILES string of the molecule is CCOC(=O)C1=C(C)N=c2s/c(=C\c3cc(Br)c(OCC)c(Br)c3)c(=O)n2[C@@H]1c1ccc(OC)c(OCC)c1. The van der Waals surface area contributed by atoms with Crippen molar-refractivity contribution in [2.75, 3.05) is 26.9 Å². The van der Waals surface area contributed by atoms with Crippen LogP contribution in [0.2, 0.25) is 0 Å². The van der Waals surface area contributed by atoms with Gasteiger partial charge in [0.2, 0.25) is 0 Å². The number of benzene rings is 2. The van der Waals surface area contributed by atoms with Crippen LogP contribution in [0.3, 0.4) is 0 Å². The zero-order valence-corrected chi connectivity index (χ0v) is 26.2. The Labute approximate surface area is 246 Å². The number of hydrogen-bond donors (Lipinski definition) is 0. The molecule has 0 saturated carbocycles. The largest absolute Gasteiger partial charge is 0.493 e. The Balaban J connectivity index is 1.94. The fourth-order valence-corrected chi connectivity index (χ4v) is 6.83. The first-order valence-electron chi connectivity index (χ1n) is 12.4. The minimum atomic E-state index is -0.758. The summed E-state index contributed by atoms with van der Waals surface area (Å²) in [5, 5.41) is 0. The quantitative estimate of drug-likeness (QED) is 0.292. The molecule has 1 aliphatic heterocycles. The molecule has 11 heteroatoms. The number of allylic oxidation sites excluding steroid dienone is 1. The maximum Gasteiger partial charge on any atom is 0.338 e. The van der Waals surface area contributed by atoms with Gasteiger partial charge in [-0.2, -0.15) is 0 Å². The van der Waals surface area contributed by atoms with Gasteiger partial charge < -0.3 is 18.9 Å². The monoisotopic (exact) mass is 678 g/mol. The molecule has 0 amide bonds. The molecule has 2 heterocycles. The van der Waals surface area contributed by atoms with E-state index in [1.165, 1.54) is 11.3 Å². The molecule has 0 spiro atoms. The zero-order valence-electron chi connectivity index (χ0n) is 22.2. The normalized spacial score (nSPS) is 15.1. The molecule has 1 aliphatic rings. The van der Waals surface area contributed by atoms with Crippen molar-refractivity contribution < 1.29 is 23.7 Å². The number of aromatic nitrogens is 1. The molecular weight excluding hydrogens is 652 g/mol. The van der Waals surface area contributed by atoms with E-state index < -0.39 is 12.0 Å². The van der Waals surface area contributed by atoms with Crippen molar-refractivity contribution in [2.24, 2.45) is 4.99 Å². The number of carbonyl (C=O) groups is 1. The molecule has 0 bridgehead atoms. The van der Waals surface area contributed by atoms with Gasteiger partial charge in [0.15, 0.2) is 16.3 Å². The van der Waals surface area contributed by atoms with E-state index in [2.05, 4.69) is 36.9 Å². The van der Waals surface area contributed by atoms with Gasteiger partial charge in [-0.05, 0) is 101 Å². The van der Waals surface area contributed by atoms with Gasteiger partial charge in [0.25, 0.3) is 5.56 Å². The van der Waals surface area contributed by atoms with Gasteiger partial charge in [0, 0.05) is 0 Å². The Morgan fingerprint density at radius 3 is 2.36 bits per heavy atom. The van der Waals surface area contributed by atoms with Gasteiger partial charge >= 0.3 is 5.97 Å². The lowest BCUT2D eigenvalue weighted by Crippen LogP contribution is -2.40. The first-order valence-corrected chi connectivity index (χ1v) is 14.8. The van der Waals surface area contributed by atoms with Crippen LogP contribution in [-0.2, 0) is 9.53 Å². The second kappa shape index (κ2) is 12.5. The average molecular weight is 680 g/mol. The summed E-state index contributed by atoms with van der Waals surface area (Å²) in [4.78, 5) is 32.2. The van der Waals surface area contributed by atoms with E-state index in [4.69, 9.17) is 18.9 Å². The van der Waals surface area contributed by atoms with Gasteiger partial charge in [-0.25, -0.2) is 9.79 Å². The molecule has 1 aromatic heterocycles. The predicted octanol–water partition coefficient (Wildman–Crippen LogP) is 5.13. The lowest BCUT2D eigenvalue weighted by molar-refractivity contribution is -0.139. The van der Waals surface area contributed by atoms with Crippen molar-refractivity contribution in [3.05, 3.63) is 81.4 Å². The van der Waals surface area contributed by atoms with Crippen molar-refractivity contribution in [1.29, 1.82) is 0 Å². The Hall–Kier alpha value is -2.89. The number of halogens is 2. The second-order valence-corrected chi connectivity index (χ2v) is 11.1. The summed E-state index contributed by atoms with van der Waals surface area (Å²) in [5.74, 6) is 1.24. The number of nitrogens with zero attached hydrogens (tertiary/aromatic N) is 2. The number of thiazole rings is 1. The number of rotatable bonds is 9. The van der Waals surface area contributed by atoms with Crippen molar-refractivity contribution in [3.63, 3.8) is 0 Å². The maximum absolute atomic E-state index is 13.9. The Morgan fingerprint density at radius 1 is 1.05 bits per heavy atom. The molecule has 8 nitrogen and oxygen atoms in total. The molecule has 0 aliphatic carbocycles. The molecule has 4 rings (SSSR count). The van der Waals surface area contributed by atoms with Gasteiger partial charge in [-0.3, -0.25) is 9.36 Å². The number of carbonyl (C=O) groups excluding carboxylic acids is 1. The molecular formula is C28H28Br2N2O6S. The van der Waals surface area contributed by atoms with E-state index in [0.717, 1.165) is 14.5 Å². The third kappa shape index (κ3) is 5.85. The molecule has 3 aromatic rings. The van der Waals surface area contributed by atoms with Crippen molar-refractivity contribution in [3.8, 4) is 17.2 Å². The average Bonchev–Trinajstić information content (AvgIpc) is 3.19. The number of esters is 1. The predicted molar refractivity (Wildman–Crippen MR) is 158 cm³/mol. The molecule has 39 heavy (non-hydrogen) atoms. The van der Waals surface area contributed by atoms with Gasteiger partial charge in [0.05, 0.1) is 57.7 Å². The van der Waals surface area contributed by atoms with Crippen molar-refractivity contribution in [2.45, 2.75) is 33.7 Å². The molecule has 0 saturated heterocycles. The van der Waals surface area contributed by atoms with Gasteiger partial charge in [0.1, 0.15) is 5.75 Å². The van der Waals surface area contributed by atoms with Crippen molar-refractivity contribution >= 4 is 55.2 Å². The highest BCUT2D eigenvalue weighted by molar-refractivity contribution is 9.11. The van der Waals surface area contributed by atoms with Crippen LogP contribution in [0, 0.1) is 0 Å². The van der Waals surface area contributed by atoms with Crippen LogP contribution in [0.5, 0.6) is 17.2 Å². The minimum Gasteiger partial charge on any atom is -0.493 e. The molecule has 0 N–H and O–H groups in total. The van der Waals surface area contributed by atoms with Crippen LogP contribution >= 0.6 is 43.2 Å². The third-order valence-electron chi connectivity index (χ3n) is 5.93. The Kier molecular flexibility index (Phi) is 9.35. The molecule has 0 radical (unpaired) electrons. The molecule has 206 valence electrons. The van der Waals surface area contributed by atoms with Crippen LogP contribution in [0.4, 0.5) is 0 Å². The summed E-state index contributed by atoms with van der Waals surface area (Å²) in [6.45, 7) is 8.43. The second-order valence-electron chi connectivity index (χ2n) is 8.39. The summed E-state index contributed by atoms with van der Waals surface area (Å²) in [5.41, 5.74) is 1.99. The highest BCUT2D eigenvalue weighted by Gasteiger charge is 2.34. The summed E-state index contributed by atoms with van der Waals surface area (Å²) in [6.07, 6.45) is 1.80. The number of hydrogen-bond acceptors (Lipinski definition) is 8. The van der Waals surface area contributed by atoms with Crippen LogP contribution in [0.1, 0.15) is 44.9 Å². The molecule has 0 fully saturated rings. The summed E-state index contributed by atoms with van der Waals surface area (Å²) in [7, 11) is 1.56. The zero-order chi connectivity index (χ0) is 28.3. The van der Waals surface area contributed by atoms with E-state index in [0.29, 0.717) is 56.6 Å². The first kappa shape index (κ1) is 29.1. The molecule has 1 atom stereocenters. The highest BCUT2D eigenvalue weighted by atomic mass is 79.9. The molecule has 2 aromatic carbocycles. The topological polar surface area (TPSA) is 88.4 Å². The summed E-state index contributed by atoms with van der Waals surface area (Å²) < 4.78 is 25.8. The lowest BCUT2D eigenvalue weighted by atomic mass is 9.95. The van der Waals surface area contributed by atoms with Crippen LogP contribution in [0.15, 0.2) is 60.3 Å². The number of methoxy groups -OCH3 is 1. The first-order chi connectivity index (χ1) is 18.7. The number of ether oxygens (including phenoxy) is 4. The van der Waals surface area contributed by atoms with E-state index in [9.17, 15) is 9.59 Å². The third-order valence-corrected chi connectivity index (χ3v) is 8.09. The van der Waals surface area contributed by atoms with E-state index in [1.54, 1.807) is 43.7 Å². The van der Waals surface area contributed by atoms with Crippen LogP contribution in [-0.4, -0.2) is 37.5 Å². The standard InChI is InChI=1S/C28H28Br2N2O6S/c1-6-36-21-14-17(9-10-20(21)35-5)24-23(27(34)38-8-3)15(4)31-28-32(24)26(33)22(39-28)13-16-11-18(29)25(37-7-2)19(30)12-16/h9-14,24H,6-8H2,1-5H3/b22-13-/t24-/m1/s1. The van der Waals surface area contributed by atoms with Gasteiger partial charge in [-0.15, -0.1) is 0 Å². The minimum absolute atomic E-state index is 0.195. The number of fused-ring (bicyclic) bond motifs is 1. The fourth-order valence-electron chi connectivity index (χ4n) is 4.34.